The maximum absolute atomic E-state index is 12.3. The van der Waals surface area contributed by atoms with Gasteiger partial charge in [-0.15, -0.1) is 0 Å². The molecule has 0 radical (unpaired) electrons. The first kappa shape index (κ1) is 19.9. The number of hydrogen-bond donors (Lipinski definition) is 1. The molecular formula is C25H19N3O3. The molecule has 6 nitrogen and oxygen atoms in total. The van der Waals surface area contributed by atoms with Crippen LogP contribution < -0.4 is 15.0 Å². The predicted molar refractivity (Wildman–Crippen MR) is 120 cm³/mol. The lowest BCUT2D eigenvalue weighted by molar-refractivity contribution is 0.284. The number of fused-ring (bicyclic) bond motifs is 1. The number of nitrogens with one attached hydrogen (secondary N) is 1. The van der Waals surface area contributed by atoms with Crippen LogP contribution >= 0.6 is 0 Å². The molecular weight excluding hydrogens is 390 g/mol. The number of nitriles is 1. The third-order valence-electron chi connectivity index (χ3n) is 4.72. The van der Waals surface area contributed by atoms with Crippen molar-refractivity contribution in [2.24, 2.45) is 0 Å². The van der Waals surface area contributed by atoms with E-state index in [1.54, 1.807) is 49.6 Å². The highest BCUT2D eigenvalue weighted by atomic mass is 16.5. The number of benzene rings is 3. The zero-order valence-corrected chi connectivity index (χ0v) is 16.8. The maximum atomic E-state index is 12.3. The van der Waals surface area contributed by atoms with Crippen LogP contribution in [0.4, 0.5) is 0 Å². The van der Waals surface area contributed by atoms with Crippen molar-refractivity contribution in [2.75, 3.05) is 7.11 Å². The summed E-state index contributed by atoms with van der Waals surface area (Å²) in [5, 5.41) is 10.1. The molecule has 1 heterocycles. The van der Waals surface area contributed by atoms with Gasteiger partial charge in [0.05, 0.1) is 23.6 Å². The minimum Gasteiger partial charge on any atom is -0.493 e. The maximum Gasteiger partial charge on any atom is 0.259 e. The van der Waals surface area contributed by atoms with Crippen molar-refractivity contribution in [1.82, 2.24) is 9.97 Å². The van der Waals surface area contributed by atoms with Gasteiger partial charge in [-0.2, -0.15) is 5.26 Å². The van der Waals surface area contributed by atoms with E-state index in [1.807, 2.05) is 36.4 Å². The Bertz CT molecular complexity index is 1350. The topological polar surface area (TPSA) is 88.0 Å². The van der Waals surface area contributed by atoms with Crippen molar-refractivity contribution in [2.45, 2.75) is 6.61 Å². The molecule has 0 unspecified atom stereocenters. The molecule has 1 N–H and O–H groups in total. The van der Waals surface area contributed by atoms with Gasteiger partial charge in [-0.1, -0.05) is 48.5 Å². The van der Waals surface area contributed by atoms with Crippen molar-refractivity contribution in [1.29, 1.82) is 5.26 Å². The standard InChI is InChI=1S/C25H19N3O3/c1-30-23-14-18(11-12-22(23)31-16-17-7-3-2-4-8-17)13-19(15-26)24-27-21-10-6-5-9-20(21)25(29)28-24/h2-14H,16H2,1H3,(H,27,28,29). The first-order valence-electron chi connectivity index (χ1n) is 9.64. The summed E-state index contributed by atoms with van der Waals surface area (Å²) in [5.74, 6) is 1.36. The second kappa shape index (κ2) is 8.97. The van der Waals surface area contributed by atoms with Crippen LogP contribution in [0.15, 0.2) is 77.6 Å². The van der Waals surface area contributed by atoms with Crippen LogP contribution in [-0.2, 0) is 6.61 Å². The van der Waals surface area contributed by atoms with Gasteiger partial charge in [0.2, 0.25) is 0 Å². The molecule has 6 heteroatoms. The van der Waals surface area contributed by atoms with E-state index in [0.717, 1.165) is 11.1 Å². The summed E-state index contributed by atoms with van der Waals surface area (Å²) in [4.78, 5) is 19.4. The third kappa shape index (κ3) is 4.46. The van der Waals surface area contributed by atoms with Gasteiger partial charge in [0, 0.05) is 0 Å². The summed E-state index contributed by atoms with van der Waals surface area (Å²) < 4.78 is 11.3. The van der Waals surface area contributed by atoms with Crippen molar-refractivity contribution in [3.8, 4) is 17.6 Å². The molecule has 0 aliphatic heterocycles. The Morgan fingerprint density at radius 3 is 2.61 bits per heavy atom. The number of aromatic nitrogens is 2. The Kier molecular flexibility index (Phi) is 5.77. The van der Waals surface area contributed by atoms with Crippen molar-refractivity contribution in [3.05, 3.63) is 100 Å². The summed E-state index contributed by atoms with van der Waals surface area (Å²) >= 11 is 0. The second-order valence-corrected chi connectivity index (χ2v) is 6.79. The molecule has 3 aromatic carbocycles. The Labute approximate surface area is 179 Å². The van der Waals surface area contributed by atoms with E-state index in [2.05, 4.69) is 16.0 Å². The number of methoxy groups -OCH3 is 1. The highest BCUT2D eigenvalue weighted by Gasteiger charge is 2.10. The molecule has 0 atom stereocenters. The highest BCUT2D eigenvalue weighted by molar-refractivity contribution is 5.89. The van der Waals surface area contributed by atoms with Crippen LogP contribution in [0.5, 0.6) is 11.5 Å². The molecule has 0 saturated carbocycles. The highest BCUT2D eigenvalue weighted by Crippen LogP contribution is 2.30. The summed E-state index contributed by atoms with van der Waals surface area (Å²) in [6.45, 7) is 0.415. The number of rotatable bonds is 6. The van der Waals surface area contributed by atoms with Crippen LogP contribution in [0.1, 0.15) is 17.0 Å². The lowest BCUT2D eigenvalue weighted by Crippen LogP contribution is -2.11. The molecule has 0 spiro atoms. The molecule has 4 aromatic rings. The third-order valence-corrected chi connectivity index (χ3v) is 4.72. The first-order valence-corrected chi connectivity index (χ1v) is 9.64. The minimum absolute atomic E-state index is 0.217. The predicted octanol–water partition coefficient (Wildman–Crippen LogP) is 4.57. The smallest absolute Gasteiger partial charge is 0.259 e. The van der Waals surface area contributed by atoms with Crippen LogP contribution in [-0.4, -0.2) is 17.1 Å². The van der Waals surface area contributed by atoms with E-state index < -0.39 is 0 Å². The molecule has 1 aromatic heterocycles. The van der Waals surface area contributed by atoms with Gasteiger partial charge in [-0.05, 0) is 41.5 Å². The van der Waals surface area contributed by atoms with Crippen LogP contribution in [0.3, 0.4) is 0 Å². The number of hydrogen-bond acceptors (Lipinski definition) is 5. The normalized spacial score (nSPS) is 11.2. The summed E-state index contributed by atoms with van der Waals surface area (Å²) in [6, 6.07) is 24.3. The lowest BCUT2D eigenvalue weighted by atomic mass is 10.1. The molecule has 0 bridgehead atoms. The molecule has 31 heavy (non-hydrogen) atoms. The average molecular weight is 409 g/mol. The van der Waals surface area contributed by atoms with Crippen LogP contribution in [0, 0.1) is 11.3 Å². The van der Waals surface area contributed by atoms with Gasteiger partial charge in [-0.3, -0.25) is 4.79 Å². The molecule has 0 saturated heterocycles. The number of ether oxygens (including phenoxy) is 2. The van der Waals surface area contributed by atoms with E-state index in [0.29, 0.717) is 29.0 Å². The Balaban J connectivity index is 1.64. The monoisotopic (exact) mass is 409 g/mol. The van der Waals surface area contributed by atoms with Gasteiger partial charge < -0.3 is 14.5 Å². The number of H-pyrrole nitrogens is 1. The molecule has 152 valence electrons. The van der Waals surface area contributed by atoms with Crippen molar-refractivity contribution < 1.29 is 9.47 Å². The van der Waals surface area contributed by atoms with Gasteiger partial charge in [-0.25, -0.2) is 4.98 Å². The molecule has 0 aliphatic carbocycles. The van der Waals surface area contributed by atoms with E-state index >= 15 is 0 Å². The zero-order valence-electron chi connectivity index (χ0n) is 16.8. The number of aromatic amines is 1. The lowest BCUT2D eigenvalue weighted by Gasteiger charge is -2.11. The Hall–Kier alpha value is -4.37. The number of para-hydroxylation sites is 1. The van der Waals surface area contributed by atoms with E-state index in [9.17, 15) is 10.1 Å². The summed E-state index contributed by atoms with van der Waals surface area (Å²) in [6.07, 6.45) is 1.65. The number of nitrogens with zero attached hydrogens (tertiary/aromatic N) is 2. The number of allylic oxidation sites excluding steroid dienone is 1. The molecule has 0 amide bonds. The summed E-state index contributed by atoms with van der Waals surface area (Å²) in [5.41, 5.74) is 2.25. The molecule has 0 aliphatic rings. The summed E-state index contributed by atoms with van der Waals surface area (Å²) in [7, 11) is 1.56. The largest absolute Gasteiger partial charge is 0.493 e. The minimum atomic E-state index is -0.288. The van der Waals surface area contributed by atoms with Crippen molar-refractivity contribution in [3.63, 3.8) is 0 Å². The van der Waals surface area contributed by atoms with E-state index in [-0.39, 0.29) is 17.0 Å². The van der Waals surface area contributed by atoms with E-state index in [1.165, 1.54) is 0 Å². The SMILES string of the molecule is COc1cc(C=C(C#N)c2nc3ccccc3c(=O)[nH]2)ccc1OCc1ccccc1. The Morgan fingerprint density at radius 1 is 1.06 bits per heavy atom. The van der Waals surface area contributed by atoms with Crippen molar-refractivity contribution >= 4 is 22.6 Å². The fourth-order valence-corrected chi connectivity index (χ4v) is 3.16. The quantitative estimate of drug-likeness (QED) is 0.471. The van der Waals surface area contributed by atoms with Gasteiger partial charge in [0.25, 0.3) is 5.56 Å². The molecule has 0 fully saturated rings. The fraction of sp³-hybridized carbons (Fsp3) is 0.0800. The van der Waals surface area contributed by atoms with Crippen LogP contribution in [0.25, 0.3) is 22.6 Å². The van der Waals surface area contributed by atoms with E-state index in [4.69, 9.17) is 9.47 Å². The van der Waals surface area contributed by atoms with Gasteiger partial charge >= 0.3 is 0 Å². The van der Waals surface area contributed by atoms with Gasteiger partial charge in [0.1, 0.15) is 12.7 Å². The Morgan fingerprint density at radius 2 is 1.84 bits per heavy atom. The fourth-order valence-electron chi connectivity index (χ4n) is 3.16. The van der Waals surface area contributed by atoms with Gasteiger partial charge in [0.15, 0.2) is 17.3 Å². The second-order valence-electron chi connectivity index (χ2n) is 6.79. The zero-order chi connectivity index (χ0) is 21.6. The average Bonchev–Trinajstić information content (AvgIpc) is 2.82. The molecule has 4 rings (SSSR count). The van der Waals surface area contributed by atoms with Crippen LogP contribution in [0.2, 0.25) is 0 Å². The first-order chi connectivity index (χ1) is 15.2.